The number of carbonyl (C=O) groups excluding carboxylic acids is 2. The van der Waals surface area contributed by atoms with Crippen molar-refractivity contribution in [3.63, 3.8) is 0 Å². The number of nitrogens with zero attached hydrogens (tertiary/aromatic N) is 1. The number of phenolic OH excluding ortho intramolecular Hbond substituents is 1. The minimum absolute atomic E-state index is 0.111. The van der Waals surface area contributed by atoms with Crippen LogP contribution in [-0.4, -0.2) is 48.2 Å². The van der Waals surface area contributed by atoms with Crippen LogP contribution in [0.15, 0.2) is 48.5 Å². The highest BCUT2D eigenvalue weighted by atomic mass is 16.5. The van der Waals surface area contributed by atoms with Crippen molar-refractivity contribution < 1.29 is 24.2 Å². The zero-order valence-corrected chi connectivity index (χ0v) is 16.3. The molecular weight excluding hydrogens is 358 g/mol. The Kier molecular flexibility index (Phi) is 5.99. The van der Waals surface area contributed by atoms with E-state index in [2.05, 4.69) is 13.8 Å². The van der Waals surface area contributed by atoms with Gasteiger partial charge in [0.1, 0.15) is 11.9 Å². The molecule has 0 spiro atoms. The maximum absolute atomic E-state index is 13.2. The van der Waals surface area contributed by atoms with E-state index in [1.165, 1.54) is 25.3 Å². The normalized spacial score (nSPS) is 19.5. The Morgan fingerprint density at radius 2 is 1.79 bits per heavy atom. The predicted molar refractivity (Wildman–Crippen MR) is 104 cm³/mol. The van der Waals surface area contributed by atoms with Crippen LogP contribution in [0, 0.1) is 5.92 Å². The summed E-state index contributed by atoms with van der Waals surface area (Å²) in [5.74, 6) is -0.777. The third-order valence-corrected chi connectivity index (χ3v) is 4.91. The van der Waals surface area contributed by atoms with E-state index in [0.29, 0.717) is 13.1 Å². The first kappa shape index (κ1) is 19.9. The highest BCUT2D eigenvalue weighted by Crippen LogP contribution is 2.29. The SMILES string of the molecule is COC(=O)c1cc(O)cc(C(=O)N2C[C@@H](c3ccccc3)O[C@@H](C(C)C)C2)c1. The molecule has 1 N–H and O–H groups in total. The second-order valence-electron chi connectivity index (χ2n) is 7.29. The van der Waals surface area contributed by atoms with E-state index >= 15 is 0 Å². The Hall–Kier alpha value is -2.86. The average molecular weight is 383 g/mol. The smallest absolute Gasteiger partial charge is 0.338 e. The molecule has 6 heteroatoms. The third kappa shape index (κ3) is 4.34. The summed E-state index contributed by atoms with van der Waals surface area (Å²) in [4.78, 5) is 26.7. The number of hydrogen-bond acceptors (Lipinski definition) is 5. The first-order valence-corrected chi connectivity index (χ1v) is 9.31. The van der Waals surface area contributed by atoms with Crippen LogP contribution < -0.4 is 0 Å². The Labute approximate surface area is 164 Å². The van der Waals surface area contributed by atoms with E-state index in [-0.39, 0.29) is 40.9 Å². The number of esters is 1. The summed E-state index contributed by atoms with van der Waals surface area (Å²) in [7, 11) is 1.26. The van der Waals surface area contributed by atoms with Crippen LogP contribution >= 0.6 is 0 Å². The molecule has 1 aliphatic rings. The summed E-state index contributed by atoms with van der Waals surface area (Å²) >= 11 is 0. The molecule has 0 aromatic heterocycles. The number of rotatable bonds is 4. The van der Waals surface area contributed by atoms with Gasteiger partial charge in [-0.05, 0) is 29.7 Å². The molecule has 0 saturated carbocycles. The summed E-state index contributed by atoms with van der Waals surface area (Å²) in [6.07, 6.45) is -0.344. The number of amides is 1. The van der Waals surface area contributed by atoms with Crippen molar-refractivity contribution in [2.24, 2.45) is 5.92 Å². The largest absolute Gasteiger partial charge is 0.508 e. The van der Waals surface area contributed by atoms with Crippen molar-refractivity contribution in [2.75, 3.05) is 20.2 Å². The van der Waals surface area contributed by atoms with Gasteiger partial charge in [-0.15, -0.1) is 0 Å². The second-order valence-corrected chi connectivity index (χ2v) is 7.29. The number of phenols is 1. The van der Waals surface area contributed by atoms with E-state index in [9.17, 15) is 14.7 Å². The van der Waals surface area contributed by atoms with Gasteiger partial charge >= 0.3 is 5.97 Å². The molecule has 0 bridgehead atoms. The molecular formula is C22H25NO5. The van der Waals surface area contributed by atoms with E-state index in [1.807, 2.05) is 30.3 Å². The predicted octanol–water partition coefficient (Wildman–Crippen LogP) is 3.42. The fourth-order valence-electron chi connectivity index (χ4n) is 3.33. The van der Waals surface area contributed by atoms with Gasteiger partial charge in [-0.25, -0.2) is 4.79 Å². The topological polar surface area (TPSA) is 76.1 Å². The minimum Gasteiger partial charge on any atom is -0.508 e. The summed E-state index contributed by atoms with van der Waals surface area (Å²) in [6, 6.07) is 13.9. The second kappa shape index (κ2) is 8.44. The fraction of sp³-hybridized carbons (Fsp3) is 0.364. The number of morpholine rings is 1. The Balaban J connectivity index is 1.89. The minimum atomic E-state index is -0.603. The average Bonchev–Trinajstić information content (AvgIpc) is 2.72. The first-order valence-electron chi connectivity index (χ1n) is 9.31. The van der Waals surface area contributed by atoms with Gasteiger partial charge in [-0.1, -0.05) is 44.2 Å². The molecule has 2 aromatic rings. The molecule has 1 saturated heterocycles. The molecule has 1 fully saturated rings. The van der Waals surface area contributed by atoms with E-state index in [1.54, 1.807) is 4.90 Å². The zero-order chi connectivity index (χ0) is 20.3. The molecule has 2 aromatic carbocycles. The van der Waals surface area contributed by atoms with Gasteiger partial charge in [0.25, 0.3) is 5.91 Å². The number of methoxy groups -OCH3 is 1. The lowest BCUT2D eigenvalue weighted by molar-refractivity contribution is -0.0954. The van der Waals surface area contributed by atoms with Gasteiger partial charge in [0.15, 0.2) is 0 Å². The highest BCUT2D eigenvalue weighted by molar-refractivity contribution is 5.98. The molecule has 148 valence electrons. The maximum atomic E-state index is 13.2. The van der Waals surface area contributed by atoms with Crippen molar-refractivity contribution in [3.05, 3.63) is 65.2 Å². The van der Waals surface area contributed by atoms with E-state index in [0.717, 1.165) is 5.56 Å². The lowest BCUT2D eigenvalue weighted by atomic mass is 10.00. The van der Waals surface area contributed by atoms with E-state index in [4.69, 9.17) is 9.47 Å². The summed E-state index contributed by atoms with van der Waals surface area (Å²) < 4.78 is 10.9. The van der Waals surface area contributed by atoms with Gasteiger partial charge in [-0.3, -0.25) is 4.79 Å². The number of hydrogen-bond donors (Lipinski definition) is 1. The summed E-state index contributed by atoms with van der Waals surface area (Å²) in [5, 5.41) is 9.95. The van der Waals surface area contributed by atoms with Gasteiger partial charge in [0, 0.05) is 12.1 Å². The van der Waals surface area contributed by atoms with Crippen LogP contribution in [0.5, 0.6) is 5.75 Å². The molecule has 0 aliphatic carbocycles. The van der Waals surface area contributed by atoms with Crippen LogP contribution in [0.4, 0.5) is 0 Å². The van der Waals surface area contributed by atoms with Crippen molar-refractivity contribution in [1.82, 2.24) is 4.90 Å². The molecule has 3 rings (SSSR count). The summed E-state index contributed by atoms with van der Waals surface area (Å²) in [6.45, 7) is 4.97. The standard InChI is InChI=1S/C22H25NO5/c1-14(2)19-12-23(13-20(28-19)15-7-5-4-6-8-15)21(25)16-9-17(22(26)27-3)11-18(24)10-16/h4-11,14,19-20,24H,12-13H2,1-3H3/t19-,20+/m1/s1. The zero-order valence-electron chi connectivity index (χ0n) is 16.3. The Bertz CT molecular complexity index is 849. The number of aromatic hydroxyl groups is 1. The van der Waals surface area contributed by atoms with Gasteiger partial charge in [0.2, 0.25) is 0 Å². The van der Waals surface area contributed by atoms with Gasteiger partial charge in [0.05, 0.1) is 25.3 Å². The lowest BCUT2D eigenvalue weighted by Crippen LogP contribution is -2.48. The molecule has 28 heavy (non-hydrogen) atoms. The van der Waals surface area contributed by atoms with Crippen molar-refractivity contribution >= 4 is 11.9 Å². The van der Waals surface area contributed by atoms with Gasteiger partial charge < -0.3 is 19.5 Å². The Morgan fingerprint density at radius 3 is 2.43 bits per heavy atom. The molecule has 0 unspecified atom stereocenters. The number of carbonyl (C=O) groups is 2. The molecule has 1 amide bonds. The molecule has 1 aliphatic heterocycles. The van der Waals surface area contributed by atoms with Crippen LogP contribution in [0.2, 0.25) is 0 Å². The van der Waals surface area contributed by atoms with Crippen molar-refractivity contribution in [2.45, 2.75) is 26.1 Å². The lowest BCUT2D eigenvalue weighted by Gasteiger charge is -2.40. The molecule has 0 radical (unpaired) electrons. The van der Waals surface area contributed by atoms with Crippen LogP contribution in [-0.2, 0) is 9.47 Å². The Morgan fingerprint density at radius 1 is 1.11 bits per heavy atom. The highest BCUT2D eigenvalue weighted by Gasteiger charge is 2.33. The van der Waals surface area contributed by atoms with Crippen LogP contribution in [0.25, 0.3) is 0 Å². The third-order valence-electron chi connectivity index (χ3n) is 4.91. The maximum Gasteiger partial charge on any atom is 0.338 e. The van der Waals surface area contributed by atoms with Crippen molar-refractivity contribution in [3.8, 4) is 5.75 Å². The molecule has 1 heterocycles. The van der Waals surface area contributed by atoms with Crippen LogP contribution in [0.1, 0.15) is 46.2 Å². The van der Waals surface area contributed by atoms with Crippen LogP contribution in [0.3, 0.4) is 0 Å². The summed E-state index contributed by atoms with van der Waals surface area (Å²) in [5.41, 5.74) is 1.40. The van der Waals surface area contributed by atoms with Gasteiger partial charge in [-0.2, -0.15) is 0 Å². The quantitative estimate of drug-likeness (QED) is 0.819. The van der Waals surface area contributed by atoms with Crippen molar-refractivity contribution in [1.29, 1.82) is 0 Å². The fourth-order valence-corrected chi connectivity index (χ4v) is 3.33. The van der Waals surface area contributed by atoms with E-state index < -0.39 is 5.97 Å². The number of ether oxygens (including phenoxy) is 2. The number of benzene rings is 2. The molecule has 2 atom stereocenters. The first-order chi connectivity index (χ1) is 13.4. The monoisotopic (exact) mass is 383 g/mol. The molecule has 6 nitrogen and oxygen atoms in total.